The largest absolute Gasteiger partial charge is 0.401 e. The highest BCUT2D eigenvalue weighted by molar-refractivity contribution is 5.78. The van der Waals surface area contributed by atoms with Crippen molar-refractivity contribution in [3.63, 3.8) is 0 Å². The first-order chi connectivity index (χ1) is 9.05. The topological polar surface area (TPSA) is 41.1 Å². The van der Waals surface area contributed by atoms with Crippen LogP contribution in [0.4, 0.5) is 13.2 Å². The van der Waals surface area contributed by atoms with Gasteiger partial charge in [-0.2, -0.15) is 13.2 Å². The van der Waals surface area contributed by atoms with E-state index in [1.165, 1.54) is 6.42 Å². The van der Waals surface area contributed by atoms with Gasteiger partial charge >= 0.3 is 6.18 Å². The molecule has 0 aromatic rings. The van der Waals surface area contributed by atoms with Crippen molar-refractivity contribution in [2.75, 3.05) is 13.1 Å². The summed E-state index contributed by atoms with van der Waals surface area (Å²) in [7, 11) is 0. The van der Waals surface area contributed by atoms with E-state index in [9.17, 15) is 18.0 Å². The van der Waals surface area contributed by atoms with Crippen LogP contribution in [0.1, 0.15) is 40.0 Å². The smallest absolute Gasteiger partial charge is 0.351 e. The first kappa shape index (κ1) is 15.6. The van der Waals surface area contributed by atoms with Gasteiger partial charge in [0.05, 0.1) is 13.1 Å². The summed E-state index contributed by atoms with van der Waals surface area (Å²) >= 11 is 0. The van der Waals surface area contributed by atoms with Gasteiger partial charge in [0.15, 0.2) is 0 Å². The van der Waals surface area contributed by atoms with Gasteiger partial charge in [-0.25, -0.2) is 0 Å². The zero-order valence-corrected chi connectivity index (χ0v) is 12.2. The van der Waals surface area contributed by atoms with Crippen LogP contribution in [0.2, 0.25) is 0 Å². The number of carbonyl (C=O) groups excluding carboxylic acids is 1. The second-order valence-electron chi connectivity index (χ2n) is 7.13. The Kier molecular flexibility index (Phi) is 3.82. The van der Waals surface area contributed by atoms with Crippen LogP contribution in [0.3, 0.4) is 0 Å². The molecule has 0 radical (unpaired) electrons. The van der Waals surface area contributed by atoms with Gasteiger partial charge in [0.1, 0.15) is 0 Å². The van der Waals surface area contributed by atoms with Gasteiger partial charge in [-0.1, -0.05) is 20.8 Å². The van der Waals surface area contributed by atoms with Crippen molar-refractivity contribution >= 4 is 5.91 Å². The highest BCUT2D eigenvalue weighted by atomic mass is 19.4. The molecule has 2 saturated carbocycles. The van der Waals surface area contributed by atoms with Crippen LogP contribution in [0.25, 0.3) is 0 Å². The fourth-order valence-corrected chi connectivity index (χ4v) is 4.19. The van der Waals surface area contributed by atoms with E-state index >= 15 is 0 Å². The van der Waals surface area contributed by atoms with E-state index < -0.39 is 12.7 Å². The summed E-state index contributed by atoms with van der Waals surface area (Å²) in [6.45, 7) is 5.06. The first-order valence-corrected chi connectivity index (χ1v) is 7.11. The SMILES string of the molecule is CC12CCC(C1)C(C)(C)C2NC(=O)CNCC(F)(F)F. The molecule has 6 heteroatoms. The van der Waals surface area contributed by atoms with Crippen molar-refractivity contribution in [1.82, 2.24) is 10.6 Å². The van der Waals surface area contributed by atoms with Gasteiger partial charge < -0.3 is 10.6 Å². The maximum Gasteiger partial charge on any atom is 0.401 e. The molecule has 0 aliphatic heterocycles. The lowest BCUT2D eigenvalue weighted by Crippen LogP contribution is -2.54. The number of rotatable bonds is 4. The standard InChI is InChI=1S/C14H23F3N2O/c1-12(2)9-4-5-13(3,6-9)11(12)19-10(20)7-18-8-14(15,16)17/h9,11,18H,4-8H2,1-3H3,(H,19,20). The third kappa shape index (κ3) is 2.95. The van der Waals surface area contributed by atoms with Gasteiger partial charge in [0, 0.05) is 6.04 Å². The molecule has 0 aromatic heterocycles. The predicted molar refractivity (Wildman–Crippen MR) is 70.1 cm³/mol. The van der Waals surface area contributed by atoms with Gasteiger partial charge in [-0.3, -0.25) is 4.79 Å². The molecule has 3 unspecified atom stereocenters. The lowest BCUT2D eigenvalue weighted by Gasteiger charge is -2.43. The number of carbonyl (C=O) groups is 1. The number of hydrogen-bond acceptors (Lipinski definition) is 2. The Bertz CT molecular complexity index is 390. The second kappa shape index (κ2) is 4.90. The van der Waals surface area contributed by atoms with Crippen LogP contribution >= 0.6 is 0 Å². The first-order valence-electron chi connectivity index (χ1n) is 7.11. The third-order valence-corrected chi connectivity index (χ3v) is 5.19. The second-order valence-corrected chi connectivity index (χ2v) is 7.13. The Hall–Kier alpha value is -0.780. The molecule has 116 valence electrons. The highest BCUT2D eigenvalue weighted by Gasteiger charge is 2.59. The van der Waals surface area contributed by atoms with Crippen molar-refractivity contribution in [3.05, 3.63) is 0 Å². The summed E-state index contributed by atoms with van der Waals surface area (Å²) < 4.78 is 36.1. The molecule has 0 aromatic carbocycles. The predicted octanol–water partition coefficient (Wildman–Crippen LogP) is 2.47. The molecule has 0 spiro atoms. The lowest BCUT2D eigenvalue weighted by molar-refractivity contribution is -0.129. The number of nitrogens with one attached hydrogen (secondary N) is 2. The van der Waals surface area contributed by atoms with Crippen molar-refractivity contribution < 1.29 is 18.0 Å². The van der Waals surface area contributed by atoms with Gasteiger partial charge in [-0.05, 0) is 36.0 Å². The van der Waals surface area contributed by atoms with Crippen LogP contribution in [0, 0.1) is 16.7 Å². The van der Waals surface area contributed by atoms with Crippen molar-refractivity contribution in [2.45, 2.75) is 52.3 Å². The number of halogens is 3. The Labute approximate surface area is 117 Å². The quantitative estimate of drug-likeness (QED) is 0.836. The maximum atomic E-state index is 12.0. The van der Waals surface area contributed by atoms with Crippen molar-refractivity contribution in [1.29, 1.82) is 0 Å². The van der Waals surface area contributed by atoms with Crippen molar-refractivity contribution in [3.8, 4) is 0 Å². The molecule has 3 atom stereocenters. The van der Waals surface area contributed by atoms with Gasteiger partial charge in [-0.15, -0.1) is 0 Å². The summed E-state index contributed by atoms with van der Waals surface area (Å²) in [5.41, 5.74) is 0.112. The minimum Gasteiger partial charge on any atom is -0.351 e. The molecule has 2 fully saturated rings. The number of alkyl halides is 3. The molecule has 0 heterocycles. The van der Waals surface area contributed by atoms with Crippen LogP contribution in [0.5, 0.6) is 0 Å². The van der Waals surface area contributed by atoms with E-state index in [2.05, 4.69) is 31.4 Å². The Balaban J connectivity index is 1.88. The summed E-state index contributed by atoms with van der Waals surface area (Å²) in [5.74, 6) is 0.252. The zero-order chi connectivity index (χ0) is 15.2. The van der Waals surface area contributed by atoms with E-state index in [0.29, 0.717) is 5.92 Å². The Morgan fingerprint density at radius 1 is 1.30 bits per heavy atom. The summed E-state index contributed by atoms with van der Waals surface area (Å²) in [4.78, 5) is 11.9. The average molecular weight is 292 g/mol. The van der Waals surface area contributed by atoms with Crippen LogP contribution in [-0.2, 0) is 4.79 Å². The Morgan fingerprint density at radius 3 is 2.45 bits per heavy atom. The van der Waals surface area contributed by atoms with Gasteiger partial charge in [0.2, 0.25) is 5.91 Å². The highest BCUT2D eigenvalue weighted by Crippen LogP contribution is 2.62. The Morgan fingerprint density at radius 2 is 1.95 bits per heavy atom. The van der Waals surface area contributed by atoms with E-state index in [0.717, 1.165) is 12.8 Å². The van der Waals surface area contributed by atoms with E-state index in [1.807, 2.05) is 0 Å². The van der Waals surface area contributed by atoms with Crippen molar-refractivity contribution in [2.24, 2.45) is 16.7 Å². The minimum atomic E-state index is -4.28. The number of amides is 1. The molecule has 2 aliphatic rings. The van der Waals surface area contributed by atoms with Gasteiger partial charge in [0.25, 0.3) is 0 Å². The molecule has 2 rings (SSSR count). The molecule has 20 heavy (non-hydrogen) atoms. The molecule has 0 saturated heterocycles. The number of fused-ring (bicyclic) bond motifs is 2. The maximum absolute atomic E-state index is 12.0. The molecule has 1 amide bonds. The third-order valence-electron chi connectivity index (χ3n) is 5.19. The molecule has 2 bridgehead atoms. The monoisotopic (exact) mass is 292 g/mol. The van der Waals surface area contributed by atoms with E-state index in [4.69, 9.17) is 0 Å². The molecular formula is C14H23F3N2O. The fraction of sp³-hybridized carbons (Fsp3) is 0.929. The fourth-order valence-electron chi connectivity index (χ4n) is 4.19. The van der Waals surface area contributed by atoms with E-state index in [-0.39, 0.29) is 29.3 Å². The normalized spacial score (nSPS) is 35.3. The summed E-state index contributed by atoms with van der Waals surface area (Å²) in [6, 6.07) is 0.0499. The molecule has 3 nitrogen and oxygen atoms in total. The number of hydrogen-bond donors (Lipinski definition) is 2. The summed E-state index contributed by atoms with van der Waals surface area (Å²) in [6.07, 6.45) is -0.914. The minimum absolute atomic E-state index is 0.0205. The zero-order valence-electron chi connectivity index (χ0n) is 12.2. The molecule has 2 aliphatic carbocycles. The molecular weight excluding hydrogens is 269 g/mol. The van der Waals surface area contributed by atoms with Crippen LogP contribution in [-0.4, -0.2) is 31.2 Å². The van der Waals surface area contributed by atoms with Crippen LogP contribution < -0.4 is 10.6 Å². The van der Waals surface area contributed by atoms with Crippen LogP contribution in [0.15, 0.2) is 0 Å². The average Bonchev–Trinajstić information content (AvgIpc) is 2.74. The summed E-state index contributed by atoms with van der Waals surface area (Å²) in [5, 5.41) is 5.10. The molecule has 2 N–H and O–H groups in total. The van der Waals surface area contributed by atoms with E-state index in [1.54, 1.807) is 0 Å². The lowest BCUT2D eigenvalue weighted by atomic mass is 9.68.